The van der Waals surface area contributed by atoms with Crippen LogP contribution in [0.4, 0.5) is 5.69 Å². The van der Waals surface area contributed by atoms with Gasteiger partial charge in [-0.05, 0) is 30.3 Å². The van der Waals surface area contributed by atoms with Gasteiger partial charge in [-0.3, -0.25) is 13.9 Å². The van der Waals surface area contributed by atoms with E-state index in [1.807, 2.05) is 6.92 Å². The first-order valence-electron chi connectivity index (χ1n) is 7.21. The number of fused-ring (bicyclic) bond motifs is 1. The number of aromatic nitrogens is 3. The number of aromatic amines is 1. The molecule has 0 saturated heterocycles. The van der Waals surface area contributed by atoms with Crippen LogP contribution in [-0.2, 0) is 16.4 Å². The van der Waals surface area contributed by atoms with Crippen LogP contribution in [0.3, 0.4) is 0 Å². The minimum atomic E-state index is -3.83. The first-order valence-corrected chi connectivity index (χ1v) is 8.69. The fourth-order valence-corrected chi connectivity index (χ4v) is 3.40. The van der Waals surface area contributed by atoms with E-state index in [1.54, 1.807) is 24.3 Å². The summed E-state index contributed by atoms with van der Waals surface area (Å²) in [6.45, 7) is 1.86. The molecule has 0 atom stereocenters. The molecule has 1 aromatic carbocycles. The van der Waals surface area contributed by atoms with Crippen molar-refractivity contribution in [1.82, 2.24) is 14.6 Å². The van der Waals surface area contributed by atoms with Gasteiger partial charge in [0.15, 0.2) is 0 Å². The Hall–Kier alpha value is -2.81. The number of sulfonamides is 1. The van der Waals surface area contributed by atoms with E-state index in [1.165, 1.54) is 23.8 Å². The molecule has 24 heavy (non-hydrogen) atoms. The van der Waals surface area contributed by atoms with Crippen LogP contribution in [0, 0.1) is 0 Å². The highest BCUT2D eigenvalue weighted by Gasteiger charge is 2.19. The van der Waals surface area contributed by atoms with Crippen molar-refractivity contribution in [1.29, 1.82) is 0 Å². The molecule has 0 amide bonds. The molecule has 126 valence electrons. The summed E-state index contributed by atoms with van der Waals surface area (Å²) in [5.74, 6) is 1.19. The van der Waals surface area contributed by atoms with Crippen LogP contribution in [0.5, 0.6) is 5.75 Å². The lowest BCUT2D eigenvalue weighted by Crippen LogP contribution is -2.14. The Labute approximate surface area is 138 Å². The standard InChI is InChI=1S/C15H16N4O4S/c1-3-14-16-17-15(20)13-8-12(9-19(13)14)24(21,22)18-10-4-6-11(23-2)7-5-10/h4-9,18H,3H2,1-2H3,(H,17,20). The van der Waals surface area contributed by atoms with E-state index >= 15 is 0 Å². The molecule has 2 aromatic heterocycles. The molecule has 8 nitrogen and oxygen atoms in total. The molecule has 2 heterocycles. The zero-order chi connectivity index (χ0) is 17.3. The number of ether oxygens (including phenoxy) is 1. The number of nitrogens with zero attached hydrogens (tertiary/aromatic N) is 2. The summed E-state index contributed by atoms with van der Waals surface area (Å²) in [6.07, 6.45) is 1.94. The van der Waals surface area contributed by atoms with Gasteiger partial charge in [0, 0.05) is 18.3 Å². The fourth-order valence-electron chi connectivity index (χ4n) is 2.32. The molecule has 0 radical (unpaired) electrons. The summed E-state index contributed by atoms with van der Waals surface area (Å²) >= 11 is 0. The van der Waals surface area contributed by atoms with Gasteiger partial charge < -0.3 is 4.74 Å². The largest absolute Gasteiger partial charge is 0.497 e. The number of nitrogens with one attached hydrogen (secondary N) is 2. The second-order valence-electron chi connectivity index (χ2n) is 5.09. The Balaban J connectivity index is 2.01. The molecule has 0 fully saturated rings. The van der Waals surface area contributed by atoms with Gasteiger partial charge in [0.1, 0.15) is 22.0 Å². The van der Waals surface area contributed by atoms with Crippen LogP contribution >= 0.6 is 0 Å². The Bertz CT molecular complexity index is 1040. The average Bonchev–Trinajstić information content (AvgIpc) is 3.03. The van der Waals surface area contributed by atoms with Gasteiger partial charge in [0.2, 0.25) is 0 Å². The van der Waals surface area contributed by atoms with Crippen LogP contribution in [0.15, 0.2) is 46.2 Å². The van der Waals surface area contributed by atoms with E-state index in [-0.39, 0.29) is 10.4 Å². The normalized spacial score (nSPS) is 11.6. The highest BCUT2D eigenvalue weighted by atomic mass is 32.2. The number of H-pyrrole nitrogens is 1. The number of methoxy groups -OCH3 is 1. The summed E-state index contributed by atoms with van der Waals surface area (Å²) < 4.78 is 34.1. The fraction of sp³-hybridized carbons (Fsp3) is 0.200. The van der Waals surface area contributed by atoms with Crippen LogP contribution in [0.25, 0.3) is 5.52 Å². The first-order chi connectivity index (χ1) is 11.4. The Morgan fingerprint density at radius 3 is 2.62 bits per heavy atom. The third-order valence-corrected chi connectivity index (χ3v) is 4.91. The summed E-state index contributed by atoms with van der Waals surface area (Å²) in [6, 6.07) is 7.82. The van der Waals surface area contributed by atoms with Crippen molar-refractivity contribution in [3.05, 3.63) is 52.7 Å². The molecule has 0 aliphatic rings. The summed E-state index contributed by atoms with van der Waals surface area (Å²) in [7, 11) is -2.30. The summed E-state index contributed by atoms with van der Waals surface area (Å²) in [5.41, 5.74) is 0.184. The third-order valence-electron chi connectivity index (χ3n) is 3.56. The van der Waals surface area contributed by atoms with Crippen molar-refractivity contribution in [3.63, 3.8) is 0 Å². The van der Waals surface area contributed by atoms with Gasteiger partial charge in [-0.25, -0.2) is 13.5 Å². The zero-order valence-corrected chi connectivity index (χ0v) is 13.9. The van der Waals surface area contributed by atoms with Crippen LogP contribution < -0.4 is 15.0 Å². The summed E-state index contributed by atoms with van der Waals surface area (Å²) in [5, 5.41) is 6.29. The molecule has 3 aromatic rings. The van der Waals surface area contributed by atoms with E-state index in [4.69, 9.17) is 4.74 Å². The molecule has 9 heteroatoms. The smallest absolute Gasteiger partial charge is 0.288 e. The molecule has 0 spiro atoms. The molecular formula is C15H16N4O4S. The second-order valence-corrected chi connectivity index (χ2v) is 6.77. The van der Waals surface area contributed by atoms with Crippen molar-refractivity contribution in [2.75, 3.05) is 11.8 Å². The van der Waals surface area contributed by atoms with Crippen LogP contribution in [0.2, 0.25) is 0 Å². The Kier molecular flexibility index (Phi) is 4.02. The van der Waals surface area contributed by atoms with E-state index in [0.717, 1.165) is 0 Å². The first kappa shape index (κ1) is 16.1. The molecule has 0 aliphatic heterocycles. The maximum absolute atomic E-state index is 12.5. The monoisotopic (exact) mass is 348 g/mol. The minimum absolute atomic E-state index is 0.00785. The lowest BCUT2D eigenvalue weighted by molar-refractivity contribution is 0.415. The van der Waals surface area contributed by atoms with Gasteiger partial charge in [-0.15, -0.1) is 0 Å². The summed E-state index contributed by atoms with van der Waals surface area (Å²) in [4.78, 5) is 11.8. The molecule has 0 saturated carbocycles. The van der Waals surface area contributed by atoms with Crippen molar-refractivity contribution in [3.8, 4) is 5.75 Å². The van der Waals surface area contributed by atoms with Gasteiger partial charge in [-0.1, -0.05) is 6.92 Å². The molecular weight excluding hydrogens is 332 g/mol. The van der Waals surface area contributed by atoms with E-state index in [2.05, 4.69) is 14.9 Å². The van der Waals surface area contributed by atoms with Crippen molar-refractivity contribution >= 4 is 21.2 Å². The van der Waals surface area contributed by atoms with Crippen molar-refractivity contribution in [2.24, 2.45) is 0 Å². The maximum Gasteiger partial charge on any atom is 0.288 e. The van der Waals surface area contributed by atoms with Crippen molar-refractivity contribution in [2.45, 2.75) is 18.2 Å². The van der Waals surface area contributed by atoms with E-state index in [0.29, 0.717) is 23.7 Å². The van der Waals surface area contributed by atoms with E-state index < -0.39 is 15.6 Å². The number of rotatable bonds is 5. The average molecular weight is 348 g/mol. The Morgan fingerprint density at radius 1 is 1.29 bits per heavy atom. The highest BCUT2D eigenvalue weighted by Crippen LogP contribution is 2.20. The van der Waals surface area contributed by atoms with E-state index in [9.17, 15) is 13.2 Å². The van der Waals surface area contributed by atoms with Gasteiger partial charge in [-0.2, -0.15) is 5.10 Å². The number of benzene rings is 1. The highest BCUT2D eigenvalue weighted by molar-refractivity contribution is 7.92. The lowest BCUT2D eigenvalue weighted by atomic mass is 10.3. The molecule has 3 rings (SSSR count). The molecule has 0 bridgehead atoms. The SMILES string of the molecule is CCc1n[nH]c(=O)c2cc(S(=O)(=O)Nc3ccc(OC)cc3)cn12. The predicted octanol–water partition coefficient (Wildman–Crippen LogP) is 1.39. The zero-order valence-electron chi connectivity index (χ0n) is 13.1. The van der Waals surface area contributed by atoms with Crippen molar-refractivity contribution < 1.29 is 13.2 Å². The number of aryl methyl sites for hydroxylation is 1. The lowest BCUT2D eigenvalue weighted by Gasteiger charge is -2.07. The minimum Gasteiger partial charge on any atom is -0.497 e. The maximum atomic E-state index is 12.5. The molecule has 0 unspecified atom stereocenters. The second kappa shape index (κ2) is 6.00. The van der Waals surface area contributed by atoms with Gasteiger partial charge in [0.05, 0.1) is 7.11 Å². The third kappa shape index (κ3) is 2.85. The molecule has 0 aliphatic carbocycles. The number of hydrogen-bond acceptors (Lipinski definition) is 5. The predicted molar refractivity (Wildman–Crippen MR) is 89.0 cm³/mol. The topological polar surface area (TPSA) is 106 Å². The quantitative estimate of drug-likeness (QED) is 0.725. The number of hydrogen-bond donors (Lipinski definition) is 2. The van der Waals surface area contributed by atoms with Gasteiger partial charge in [0.25, 0.3) is 15.6 Å². The van der Waals surface area contributed by atoms with Gasteiger partial charge >= 0.3 is 0 Å². The molecule has 2 N–H and O–H groups in total. The Morgan fingerprint density at radius 2 is 2.00 bits per heavy atom. The van der Waals surface area contributed by atoms with Crippen LogP contribution in [0.1, 0.15) is 12.7 Å². The number of anilines is 1. The van der Waals surface area contributed by atoms with Crippen LogP contribution in [-0.4, -0.2) is 30.1 Å².